The van der Waals surface area contributed by atoms with E-state index in [9.17, 15) is 0 Å². The van der Waals surface area contributed by atoms with E-state index in [1.54, 1.807) is 0 Å². The molecule has 0 saturated carbocycles. The van der Waals surface area contributed by atoms with Crippen LogP contribution in [0.3, 0.4) is 0 Å². The summed E-state index contributed by atoms with van der Waals surface area (Å²) in [6.45, 7) is 26.4. The maximum atomic E-state index is 6.34. The highest BCUT2D eigenvalue weighted by molar-refractivity contribution is 5.45. The minimum Gasteiger partial charge on any atom is -0.491 e. The first kappa shape index (κ1) is 56.6. The Hall–Kier alpha value is -6.56. The smallest absolute Gasteiger partial charge is 0.125 e. The molecule has 2 aliphatic heterocycles. The van der Waals surface area contributed by atoms with Crippen LogP contribution in [0.5, 0.6) is 34.5 Å². The van der Waals surface area contributed by atoms with Gasteiger partial charge in [-0.3, -0.25) is 0 Å². The zero-order chi connectivity index (χ0) is 54.1. The Morgan fingerprint density at radius 2 is 0.610 bits per heavy atom. The van der Waals surface area contributed by atoms with Crippen molar-refractivity contribution in [2.24, 2.45) is 0 Å². The van der Waals surface area contributed by atoms with Gasteiger partial charge in [0.15, 0.2) is 0 Å². The lowest BCUT2D eigenvalue weighted by atomic mass is 9.78. The molecule has 2 aliphatic rings. The number of hydrogen-bond donors (Lipinski definition) is 0. The number of epoxide rings is 2. The molecule has 6 aromatic carbocycles. The van der Waals surface area contributed by atoms with E-state index in [1.807, 2.05) is 84.9 Å². The molecule has 2 heterocycles. The number of allylic oxidation sites excluding steroid dienone is 2. The van der Waals surface area contributed by atoms with Gasteiger partial charge in [0.25, 0.3) is 0 Å². The van der Waals surface area contributed by atoms with Crippen LogP contribution in [-0.4, -0.2) is 90.5 Å². The summed E-state index contributed by atoms with van der Waals surface area (Å²) in [6.07, 6.45) is 7.27. The Morgan fingerprint density at radius 1 is 0.390 bits per heavy atom. The highest BCUT2D eigenvalue weighted by Gasteiger charge is 2.28. The van der Waals surface area contributed by atoms with Crippen molar-refractivity contribution in [2.75, 3.05) is 66.1 Å². The maximum absolute atomic E-state index is 6.34. The van der Waals surface area contributed by atoms with Gasteiger partial charge in [0, 0.05) is 29.5 Å². The Morgan fingerprint density at radius 3 is 0.818 bits per heavy atom. The lowest BCUT2D eigenvalue weighted by Crippen LogP contribution is -2.29. The van der Waals surface area contributed by atoms with Crippen LogP contribution >= 0.6 is 0 Å². The molecule has 77 heavy (non-hydrogen) atoms. The summed E-state index contributed by atoms with van der Waals surface area (Å²) in [5.74, 6) is 4.81. The lowest BCUT2D eigenvalue weighted by molar-refractivity contribution is -0.00795. The molecule has 0 amide bonds. The third-order valence-corrected chi connectivity index (χ3v) is 14.7. The van der Waals surface area contributed by atoms with Gasteiger partial charge in [-0.25, -0.2) is 0 Å². The van der Waals surface area contributed by atoms with E-state index in [1.165, 1.54) is 22.3 Å². The largest absolute Gasteiger partial charge is 0.491 e. The molecular weight excluding hydrogens is 965 g/mol. The van der Waals surface area contributed by atoms with Gasteiger partial charge in [-0.05, 0) is 132 Å². The number of unbranched alkanes of at least 4 members (excludes halogenated alkanes) is 2. The molecule has 2 fully saturated rings. The maximum Gasteiger partial charge on any atom is 0.125 e. The molecule has 0 aromatic heterocycles. The number of hydrogen-bond acceptors (Lipinski definition) is 10. The van der Waals surface area contributed by atoms with Crippen LogP contribution in [0.2, 0.25) is 0 Å². The van der Waals surface area contributed by atoms with Crippen LogP contribution in [0.4, 0.5) is 0 Å². The van der Waals surface area contributed by atoms with E-state index >= 15 is 0 Å². The van der Waals surface area contributed by atoms with Crippen LogP contribution in [0, 0.1) is 0 Å². The van der Waals surface area contributed by atoms with Crippen molar-refractivity contribution in [3.63, 3.8) is 0 Å². The normalized spacial score (nSPS) is 15.9. The van der Waals surface area contributed by atoms with Gasteiger partial charge in [0.2, 0.25) is 0 Å². The first-order chi connectivity index (χ1) is 37.3. The molecule has 408 valence electrons. The van der Waals surface area contributed by atoms with Gasteiger partial charge in [0.1, 0.15) is 98.6 Å². The Bertz CT molecular complexity index is 2520. The molecule has 0 N–H and O–H groups in total. The zero-order valence-corrected chi connectivity index (χ0v) is 46.2. The average Bonchev–Trinajstić information content (AvgIpc) is 4.41. The lowest BCUT2D eigenvalue weighted by Gasteiger charge is -2.27. The first-order valence-electron chi connectivity index (χ1n) is 27.4. The Kier molecular flexibility index (Phi) is 20.0. The summed E-state index contributed by atoms with van der Waals surface area (Å²) in [5.41, 5.74) is 6.43. The van der Waals surface area contributed by atoms with Crippen molar-refractivity contribution in [1.82, 2.24) is 0 Å². The summed E-state index contributed by atoms with van der Waals surface area (Å²) in [4.78, 5) is 0. The first-order valence-corrected chi connectivity index (χ1v) is 27.4. The van der Waals surface area contributed by atoms with Crippen LogP contribution < -0.4 is 28.4 Å². The minimum absolute atomic E-state index is 0.207. The molecule has 0 radical (unpaired) electrons. The fraction of sp³-hybridized carbons (Fsp3) is 0.403. The monoisotopic (exact) mass is 1040 g/mol. The van der Waals surface area contributed by atoms with Crippen LogP contribution in [0.1, 0.15) is 101 Å². The van der Waals surface area contributed by atoms with E-state index in [0.29, 0.717) is 52.9 Å². The molecule has 4 unspecified atom stereocenters. The predicted octanol–water partition coefficient (Wildman–Crippen LogP) is 13.8. The van der Waals surface area contributed by atoms with Crippen LogP contribution in [0.25, 0.3) is 0 Å². The molecule has 4 atom stereocenters. The van der Waals surface area contributed by atoms with Gasteiger partial charge in [-0.1, -0.05) is 126 Å². The highest BCUT2D eigenvalue weighted by Crippen LogP contribution is 2.37. The summed E-state index contributed by atoms with van der Waals surface area (Å²) >= 11 is 0. The second-order valence-corrected chi connectivity index (χ2v) is 21.6. The summed E-state index contributed by atoms with van der Waals surface area (Å²) in [6, 6.07) is 50.0. The minimum atomic E-state index is -0.280. The fourth-order valence-corrected chi connectivity index (χ4v) is 9.01. The van der Waals surface area contributed by atoms with Crippen molar-refractivity contribution in [2.45, 2.75) is 108 Å². The molecule has 0 spiro atoms. The van der Waals surface area contributed by atoms with Crippen LogP contribution in [-0.2, 0) is 35.2 Å². The van der Waals surface area contributed by atoms with Gasteiger partial charge >= 0.3 is 0 Å². The van der Waals surface area contributed by atoms with Crippen molar-refractivity contribution in [3.05, 3.63) is 204 Å². The van der Waals surface area contributed by atoms with Gasteiger partial charge in [0.05, 0.1) is 13.2 Å². The van der Waals surface area contributed by atoms with Gasteiger partial charge < -0.3 is 47.4 Å². The van der Waals surface area contributed by atoms with Crippen molar-refractivity contribution < 1.29 is 47.4 Å². The summed E-state index contributed by atoms with van der Waals surface area (Å²) in [7, 11) is 0. The van der Waals surface area contributed by atoms with E-state index in [-0.39, 0.29) is 40.7 Å². The SMILES string of the molecule is C=CCCCOC(COc1ccc(C(C)(C)c2ccc(OCC(COc3ccc(C(C)(C)c4ccc(OCC5CO5)cc4)cc3)OCCCC=C)cc2)cc1)COc1ccc(C(C)(C)c2ccc(OCC3CO3)cc2)cc1. The quantitative estimate of drug-likeness (QED) is 0.0221. The number of benzene rings is 6. The number of ether oxygens (including phenoxy) is 10. The number of rotatable bonds is 34. The summed E-state index contributed by atoms with van der Waals surface area (Å²) in [5, 5.41) is 0. The van der Waals surface area contributed by atoms with Gasteiger partial charge in [-0.15, -0.1) is 13.2 Å². The molecule has 10 heteroatoms. The molecule has 6 aromatic rings. The van der Waals surface area contributed by atoms with Crippen molar-refractivity contribution in [3.8, 4) is 34.5 Å². The zero-order valence-electron chi connectivity index (χ0n) is 46.2. The standard InChI is InChI=1S/C67H80O10/c1-9-11-13-39-68-61(43-72-57-31-19-51(20-32-57)66(5,6)53-23-35-59(36-24-53)74-45-63-47-76-63)41-70-55-27-15-49(16-28-55)65(3,4)50-17-29-56(30-18-50)71-42-62(69-40-14-12-10-2)44-73-58-33-21-52(22-34-58)67(7,8)54-25-37-60(38-26-54)75-46-64-48-77-64/h9-10,15-38,61-64H,1-2,11-14,39-48H2,3-8H3. The molecule has 0 aliphatic carbocycles. The van der Waals surface area contributed by atoms with Crippen molar-refractivity contribution in [1.29, 1.82) is 0 Å². The second-order valence-electron chi connectivity index (χ2n) is 21.6. The highest BCUT2D eigenvalue weighted by atomic mass is 16.6. The molecular formula is C67H80O10. The van der Waals surface area contributed by atoms with Gasteiger partial charge in [-0.2, -0.15) is 0 Å². The van der Waals surface area contributed by atoms with Crippen molar-refractivity contribution >= 4 is 0 Å². The molecule has 10 nitrogen and oxygen atoms in total. The Labute approximate surface area is 458 Å². The second kappa shape index (κ2) is 27.2. The fourth-order valence-electron chi connectivity index (χ4n) is 9.01. The topological polar surface area (TPSA) is 98.9 Å². The Balaban J connectivity index is 0.808. The van der Waals surface area contributed by atoms with E-state index in [2.05, 4.69) is 127 Å². The average molecular weight is 1050 g/mol. The summed E-state index contributed by atoms with van der Waals surface area (Å²) < 4.78 is 60.1. The third-order valence-electron chi connectivity index (χ3n) is 14.7. The third kappa shape index (κ3) is 16.7. The molecule has 8 rings (SSSR count). The molecule has 2 saturated heterocycles. The van der Waals surface area contributed by atoms with E-state index in [0.717, 1.165) is 84.5 Å². The van der Waals surface area contributed by atoms with E-state index in [4.69, 9.17) is 47.4 Å². The molecule has 0 bridgehead atoms. The van der Waals surface area contributed by atoms with E-state index < -0.39 is 0 Å². The van der Waals surface area contributed by atoms with Crippen LogP contribution in [0.15, 0.2) is 171 Å². The predicted molar refractivity (Wildman–Crippen MR) is 306 cm³/mol.